The third kappa shape index (κ3) is 3.17. The van der Waals surface area contributed by atoms with Crippen molar-refractivity contribution in [1.82, 2.24) is 4.57 Å². The number of halogens is 1. The first kappa shape index (κ1) is 15.3. The first-order valence-corrected chi connectivity index (χ1v) is 6.19. The Hall–Kier alpha value is -1.75. The molecule has 0 spiro atoms. The Labute approximate surface area is 116 Å². The highest BCUT2D eigenvalue weighted by Crippen LogP contribution is 2.28. The molecule has 0 aliphatic carbocycles. The van der Waals surface area contributed by atoms with E-state index in [1.54, 1.807) is 24.5 Å². The van der Waals surface area contributed by atoms with Crippen molar-refractivity contribution in [2.24, 2.45) is 0 Å². The molecule has 1 N–H and O–H groups in total. The summed E-state index contributed by atoms with van der Waals surface area (Å²) in [7, 11) is 0. The topological polar surface area (TPSA) is 68.5 Å². The molecule has 104 valence electrons. The van der Waals surface area contributed by atoms with Gasteiger partial charge in [0.25, 0.3) is 0 Å². The van der Waals surface area contributed by atoms with Crippen LogP contribution in [-0.4, -0.2) is 28.2 Å². The number of esters is 1. The maximum absolute atomic E-state index is 11.9. The fraction of sp³-hybridized carbons (Fsp3) is 0.385. The molecule has 0 saturated carbocycles. The van der Waals surface area contributed by atoms with Gasteiger partial charge in [-0.2, -0.15) is 0 Å². The van der Waals surface area contributed by atoms with E-state index in [1.807, 2.05) is 0 Å². The summed E-state index contributed by atoms with van der Waals surface area (Å²) < 4.78 is 6.59. The number of rotatable bonds is 6. The third-order valence-corrected chi connectivity index (χ3v) is 3.11. The van der Waals surface area contributed by atoms with Gasteiger partial charge in [0, 0.05) is 17.8 Å². The molecule has 1 aromatic rings. The summed E-state index contributed by atoms with van der Waals surface area (Å²) in [5.41, 5.74) is 1.10. The number of aromatic nitrogens is 1. The second-order valence-corrected chi connectivity index (χ2v) is 4.28. The van der Waals surface area contributed by atoms with E-state index < -0.39 is 11.9 Å². The van der Waals surface area contributed by atoms with Gasteiger partial charge in [-0.15, -0.1) is 6.58 Å². The number of hydrogen-bond acceptors (Lipinski definition) is 3. The first-order valence-electron chi connectivity index (χ1n) is 5.81. The molecule has 0 radical (unpaired) electrons. The molecule has 0 aliphatic heterocycles. The molecule has 1 aromatic heterocycles. The summed E-state index contributed by atoms with van der Waals surface area (Å²) in [5, 5.41) is 9.16. The van der Waals surface area contributed by atoms with Crippen molar-refractivity contribution >= 4 is 23.5 Å². The summed E-state index contributed by atoms with van der Waals surface area (Å²) in [6.45, 7) is 7.61. The van der Waals surface area contributed by atoms with Gasteiger partial charge in [0.2, 0.25) is 0 Å². The van der Waals surface area contributed by atoms with E-state index in [0.29, 0.717) is 12.2 Å². The van der Waals surface area contributed by atoms with Gasteiger partial charge >= 0.3 is 11.9 Å². The van der Waals surface area contributed by atoms with Gasteiger partial charge in [0.15, 0.2) is 0 Å². The van der Waals surface area contributed by atoms with Crippen molar-refractivity contribution in [3.63, 3.8) is 0 Å². The van der Waals surface area contributed by atoms with Crippen LogP contribution in [0.5, 0.6) is 0 Å². The third-order valence-electron chi connectivity index (χ3n) is 2.67. The highest BCUT2D eigenvalue weighted by molar-refractivity contribution is 6.31. The van der Waals surface area contributed by atoms with Crippen LogP contribution in [0.2, 0.25) is 5.15 Å². The second-order valence-electron chi connectivity index (χ2n) is 3.92. The van der Waals surface area contributed by atoms with Crippen molar-refractivity contribution in [2.75, 3.05) is 6.61 Å². The van der Waals surface area contributed by atoms with Crippen molar-refractivity contribution in [2.45, 2.75) is 26.8 Å². The monoisotopic (exact) mass is 285 g/mol. The molecular formula is C13H16ClNO4. The molecule has 0 fully saturated rings. The highest BCUT2D eigenvalue weighted by atomic mass is 35.5. The van der Waals surface area contributed by atoms with Crippen molar-refractivity contribution in [3.05, 3.63) is 34.6 Å². The summed E-state index contributed by atoms with van der Waals surface area (Å²) in [6.07, 6.45) is 1.30. The molecule has 0 amide bonds. The minimum Gasteiger partial charge on any atom is -0.481 e. The number of carbonyl (C=O) groups is 2. The fourth-order valence-corrected chi connectivity index (χ4v) is 2.26. The van der Waals surface area contributed by atoms with Gasteiger partial charge in [0.1, 0.15) is 5.15 Å². The minimum atomic E-state index is -1.05. The van der Waals surface area contributed by atoms with Gasteiger partial charge < -0.3 is 14.4 Å². The number of aliphatic carboxylic acids is 1. The van der Waals surface area contributed by atoms with E-state index in [4.69, 9.17) is 21.4 Å². The van der Waals surface area contributed by atoms with Crippen LogP contribution in [0.25, 0.3) is 0 Å². The number of carboxylic acids is 1. The normalized spacial score (nSPS) is 10.3. The molecule has 0 aromatic carbocycles. The standard InChI is InChI=1S/C13H16ClNO4/c1-4-6-15-8(3)11(13(18)19-5-2)9(12(15)14)7-10(16)17/h4H,1,5-7H2,2-3H3,(H,16,17). The van der Waals surface area contributed by atoms with Crippen LogP contribution in [0.1, 0.15) is 28.5 Å². The van der Waals surface area contributed by atoms with Crippen molar-refractivity contribution < 1.29 is 19.4 Å². The zero-order valence-electron chi connectivity index (χ0n) is 10.9. The number of nitrogens with zero attached hydrogens (tertiary/aromatic N) is 1. The van der Waals surface area contributed by atoms with Crippen LogP contribution in [0.3, 0.4) is 0 Å². The fourth-order valence-electron chi connectivity index (χ4n) is 1.90. The van der Waals surface area contributed by atoms with E-state index in [9.17, 15) is 9.59 Å². The summed E-state index contributed by atoms with van der Waals surface area (Å²) in [5.74, 6) is -1.61. The number of carboxylic acid groups (broad SMARTS) is 1. The van der Waals surface area contributed by atoms with Gasteiger partial charge in [-0.3, -0.25) is 4.79 Å². The lowest BCUT2D eigenvalue weighted by Crippen LogP contribution is -2.10. The SMILES string of the molecule is C=CCn1c(C)c(C(=O)OCC)c(CC(=O)O)c1Cl. The van der Waals surface area contributed by atoms with Crippen LogP contribution in [0.4, 0.5) is 0 Å². The lowest BCUT2D eigenvalue weighted by atomic mass is 10.1. The molecule has 1 rings (SSSR count). The van der Waals surface area contributed by atoms with Crippen molar-refractivity contribution in [1.29, 1.82) is 0 Å². The van der Waals surface area contributed by atoms with E-state index in [2.05, 4.69) is 6.58 Å². The van der Waals surface area contributed by atoms with Gasteiger partial charge in [0.05, 0.1) is 18.6 Å². The Morgan fingerprint density at radius 2 is 2.16 bits per heavy atom. The highest BCUT2D eigenvalue weighted by Gasteiger charge is 2.26. The summed E-state index contributed by atoms with van der Waals surface area (Å²) in [6, 6.07) is 0. The van der Waals surface area contributed by atoms with Gasteiger partial charge in [-0.1, -0.05) is 17.7 Å². The van der Waals surface area contributed by atoms with Crippen LogP contribution in [0, 0.1) is 6.92 Å². The predicted octanol–water partition coefficient (Wildman–Crippen LogP) is 2.44. The zero-order chi connectivity index (χ0) is 14.6. The van der Waals surface area contributed by atoms with Crippen molar-refractivity contribution in [3.8, 4) is 0 Å². The van der Waals surface area contributed by atoms with Gasteiger partial charge in [-0.05, 0) is 13.8 Å². The Balaban J connectivity index is 3.39. The minimum absolute atomic E-state index is 0.217. The van der Waals surface area contributed by atoms with Crippen LogP contribution in [-0.2, 0) is 22.5 Å². The molecule has 0 unspecified atom stereocenters. The van der Waals surface area contributed by atoms with E-state index >= 15 is 0 Å². The Kier molecular flexibility index (Phi) is 5.18. The Morgan fingerprint density at radius 1 is 1.53 bits per heavy atom. The average Bonchev–Trinajstić information content (AvgIpc) is 2.54. The molecule has 1 heterocycles. The van der Waals surface area contributed by atoms with E-state index in [1.165, 1.54) is 0 Å². The molecule has 0 saturated heterocycles. The molecule has 0 atom stereocenters. The van der Waals surface area contributed by atoms with Crippen LogP contribution in [0.15, 0.2) is 12.7 Å². The quantitative estimate of drug-likeness (QED) is 0.644. The van der Waals surface area contributed by atoms with Gasteiger partial charge in [-0.25, -0.2) is 4.79 Å². The maximum Gasteiger partial charge on any atom is 0.340 e. The average molecular weight is 286 g/mol. The Morgan fingerprint density at radius 3 is 2.63 bits per heavy atom. The van der Waals surface area contributed by atoms with Crippen LogP contribution < -0.4 is 0 Å². The summed E-state index contributed by atoms with van der Waals surface area (Å²) >= 11 is 6.15. The van der Waals surface area contributed by atoms with Crippen LogP contribution >= 0.6 is 11.6 Å². The first-order chi connectivity index (χ1) is 8.93. The lowest BCUT2D eigenvalue weighted by Gasteiger charge is -2.05. The lowest BCUT2D eigenvalue weighted by molar-refractivity contribution is -0.136. The zero-order valence-corrected chi connectivity index (χ0v) is 11.7. The van der Waals surface area contributed by atoms with E-state index in [0.717, 1.165) is 0 Å². The number of hydrogen-bond donors (Lipinski definition) is 1. The maximum atomic E-state index is 11.9. The second kappa shape index (κ2) is 6.43. The molecular weight excluding hydrogens is 270 g/mol. The molecule has 0 aliphatic rings. The number of ether oxygens (including phenoxy) is 1. The number of carbonyl (C=O) groups excluding carboxylic acids is 1. The smallest absolute Gasteiger partial charge is 0.340 e. The molecule has 6 heteroatoms. The Bertz CT molecular complexity index is 519. The molecule has 19 heavy (non-hydrogen) atoms. The predicted molar refractivity (Wildman–Crippen MR) is 71.7 cm³/mol. The molecule has 5 nitrogen and oxygen atoms in total. The summed E-state index contributed by atoms with van der Waals surface area (Å²) in [4.78, 5) is 22.8. The largest absolute Gasteiger partial charge is 0.481 e. The number of allylic oxidation sites excluding steroid dienone is 1. The van der Waals surface area contributed by atoms with E-state index in [-0.39, 0.29) is 29.3 Å². The molecule has 0 bridgehead atoms.